The van der Waals surface area contributed by atoms with E-state index in [-0.39, 0.29) is 13.2 Å². The first kappa shape index (κ1) is 22.5. The van der Waals surface area contributed by atoms with Gasteiger partial charge in [-0.15, -0.1) is 0 Å². The van der Waals surface area contributed by atoms with Crippen molar-refractivity contribution in [2.24, 2.45) is 0 Å². The normalized spacial score (nSPS) is 7.40. The summed E-state index contributed by atoms with van der Waals surface area (Å²) in [6.07, 6.45) is 1.44. The van der Waals surface area contributed by atoms with Gasteiger partial charge >= 0.3 is 11.9 Å². The molecule has 0 atom stereocenters. The first-order chi connectivity index (χ1) is 9.28. The summed E-state index contributed by atoms with van der Waals surface area (Å²) in [6.45, 7) is 6.21. The minimum Gasteiger partial charge on any atom is -0.477 e. The highest BCUT2D eigenvalue weighted by molar-refractivity contribution is 5.90. The van der Waals surface area contributed by atoms with Gasteiger partial charge in [0.1, 0.15) is 23.3 Å². The first-order valence-corrected chi connectivity index (χ1v) is 5.14. The fourth-order valence-electron chi connectivity index (χ4n) is 0.319. The van der Waals surface area contributed by atoms with Crippen LogP contribution in [0.2, 0.25) is 0 Å². The zero-order chi connectivity index (χ0) is 16.6. The van der Waals surface area contributed by atoms with E-state index in [4.69, 9.17) is 30.9 Å². The van der Waals surface area contributed by atoms with E-state index in [1.165, 1.54) is 12.1 Å². The quantitative estimate of drug-likeness (QED) is 0.312. The number of carboxylic acid groups (broad SMARTS) is 2. The highest BCUT2D eigenvalue weighted by Crippen LogP contribution is 1.82. The van der Waals surface area contributed by atoms with Crippen LogP contribution >= 0.6 is 0 Å². The van der Waals surface area contributed by atoms with E-state index in [9.17, 15) is 9.59 Å². The number of aliphatic hydroxyl groups excluding tert-OH is 2. The Kier molecular flexibility index (Phi) is 18.4. The Morgan fingerprint density at radius 1 is 0.850 bits per heavy atom. The van der Waals surface area contributed by atoms with Crippen LogP contribution in [0.3, 0.4) is 0 Å². The minimum atomic E-state index is -1.26. The molecular formula is C12H16N2O6. The summed E-state index contributed by atoms with van der Waals surface area (Å²) < 4.78 is 0. The van der Waals surface area contributed by atoms with Gasteiger partial charge in [0.15, 0.2) is 0 Å². The topological polar surface area (TPSA) is 163 Å². The van der Waals surface area contributed by atoms with E-state index >= 15 is 0 Å². The van der Waals surface area contributed by atoms with E-state index in [1.807, 2.05) is 0 Å². The van der Waals surface area contributed by atoms with Crippen LogP contribution in [0.5, 0.6) is 0 Å². The number of aliphatic carboxylic acids is 2. The number of aliphatic hydroxyl groups is 2. The van der Waals surface area contributed by atoms with Crippen molar-refractivity contribution in [2.75, 3.05) is 13.2 Å². The number of hydrogen-bond donors (Lipinski definition) is 4. The van der Waals surface area contributed by atoms with Crippen LogP contribution in [-0.4, -0.2) is 45.6 Å². The van der Waals surface area contributed by atoms with Crippen LogP contribution in [0.4, 0.5) is 0 Å². The summed E-state index contributed by atoms with van der Waals surface area (Å²) in [5.74, 6) is -2.52. The molecule has 0 bridgehead atoms. The maximum atomic E-state index is 9.61. The van der Waals surface area contributed by atoms with Crippen LogP contribution in [0.15, 0.2) is 24.3 Å². The number of nitriles is 2. The van der Waals surface area contributed by atoms with Gasteiger partial charge in [-0.1, -0.05) is 13.2 Å². The van der Waals surface area contributed by atoms with Crippen molar-refractivity contribution >= 4 is 11.9 Å². The Labute approximate surface area is 116 Å². The van der Waals surface area contributed by atoms with Gasteiger partial charge in [0.25, 0.3) is 0 Å². The molecule has 0 spiro atoms. The number of rotatable bonds is 5. The second-order valence-corrected chi connectivity index (χ2v) is 2.95. The summed E-state index contributed by atoms with van der Waals surface area (Å²) in [6, 6.07) is 2.74. The molecule has 0 heterocycles. The molecule has 110 valence electrons. The van der Waals surface area contributed by atoms with Gasteiger partial charge in [0.2, 0.25) is 0 Å². The van der Waals surface area contributed by atoms with Gasteiger partial charge in [-0.3, -0.25) is 0 Å². The molecule has 4 N–H and O–H groups in total. The van der Waals surface area contributed by atoms with Crippen LogP contribution in [-0.2, 0) is 9.59 Å². The fraction of sp³-hybridized carbons (Fsp3) is 0.333. The lowest BCUT2D eigenvalue weighted by atomic mass is 10.3. The third-order valence-electron chi connectivity index (χ3n) is 1.35. The molecule has 0 saturated carbocycles. The molecule has 0 aromatic rings. The largest absolute Gasteiger partial charge is 0.477 e. The van der Waals surface area contributed by atoms with Gasteiger partial charge in [-0.25, -0.2) is 9.59 Å². The predicted molar refractivity (Wildman–Crippen MR) is 68.2 cm³/mol. The monoisotopic (exact) mass is 284 g/mol. The summed E-state index contributed by atoms with van der Waals surface area (Å²) in [5, 5.41) is 47.4. The van der Waals surface area contributed by atoms with Gasteiger partial charge in [0.05, 0.1) is 0 Å². The maximum absolute atomic E-state index is 9.61. The highest BCUT2D eigenvalue weighted by Gasteiger charge is 1.98. The molecule has 0 aromatic carbocycles. The van der Waals surface area contributed by atoms with E-state index in [0.29, 0.717) is 0 Å². The van der Waals surface area contributed by atoms with E-state index < -0.39 is 23.1 Å². The molecule has 20 heavy (non-hydrogen) atoms. The number of hydrogen-bond acceptors (Lipinski definition) is 6. The SMILES string of the molecule is C=C(C#N)C(=O)O.C=C(C#N)C(=O)O.OCCCCO. The molecule has 0 aliphatic rings. The molecule has 0 fully saturated rings. The Morgan fingerprint density at radius 3 is 1.15 bits per heavy atom. The molecule has 0 aliphatic heterocycles. The molecule has 8 heteroatoms. The fourth-order valence-corrected chi connectivity index (χ4v) is 0.319. The lowest BCUT2D eigenvalue weighted by Gasteiger charge is -1.85. The number of nitrogens with zero attached hydrogens (tertiary/aromatic N) is 2. The Bertz CT molecular complexity index is 377. The molecule has 0 unspecified atom stereocenters. The molecule has 0 rings (SSSR count). The van der Waals surface area contributed by atoms with Crippen LogP contribution in [0.25, 0.3) is 0 Å². The predicted octanol–water partition coefficient (Wildman–Crippen LogP) is 0.0528. The van der Waals surface area contributed by atoms with Gasteiger partial charge < -0.3 is 20.4 Å². The van der Waals surface area contributed by atoms with Gasteiger partial charge in [-0.2, -0.15) is 10.5 Å². The smallest absolute Gasteiger partial charge is 0.345 e. The van der Waals surface area contributed by atoms with Crippen molar-refractivity contribution in [3.8, 4) is 12.1 Å². The lowest BCUT2D eigenvalue weighted by Crippen LogP contribution is -1.94. The highest BCUT2D eigenvalue weighted by atomic mass is 16.4. The molecule has 0 saturated heterocycles. The van der Waals surface area contributed by atoms with E-state index in [2.05, 4.69) is 13.2 Å². The van der Waals surface area contributed by atoms with Crippen molar-refractivity contribution < 1.29 is 30.0 Å². The molecular weight excluding hydrogens is 268 g/mol. The summed E-state index contributed by atoms with van der Waals surface area (Å²) in [7, 11) is 0. The second kappa shape index (κ2) is 16.3. The van der Waals surface area contributed by atoms with Crippen molar-refractivity contribution in [2.45, 2.75) is 12.8 Å². The van der Waals surface area contributed by atoms with Crippen LogP contribution in [0.1, 0.15) is 12.8 Å². The summed E-state index contributed by atoms with van der Waals surface area (Å²) in [5.41, 5.74) is -0.861. The number of carbonyl (C=O) groups is 2. The van der Waals surface area contributed by atoms with Gasteiger partial charge in [-0.05, 0) is 12.8 Å². The van der Waals surface area contributed by atoms with Crippen molar-refractivity contribution in [3.05, 3.63) is 24.3 Å². The number of unbranched alkanes of at least 4 members (excludes halogenated alkanes) is 1. The third kappa shape index (κ3) is 20.7. The minimum absolute atomic E-state index is 0.195. The average Bonchev–Trinajstić information content (AvgIpc) is 2.44. The maximum Gasteiger partial charge on any atom is 0.345 e. The van der Waals surface area contributed by atoms with E-state index in [0.717, 1.165) is 12.8 Å². The van der Waals surface area contributed by atoms with Gasteiger partial charge in [0, 0.05) is 13.2 Å². The Morgan fingerprint density at radius 2 is 1.10 bits per heavy atom. The van der Waals surface area contributed by atoms with Crippen LogP contribution < -0.4 is 0 Å². The molecule has 0 aromatic heterocycles. The zero-order valence-electron chi connectivity index (χ0n) is 10.7. The number of carboxylic acids is 2. The molecule has 0 amide bonds. The van der Waals surface area contributed by atoms with Crippen LogP contribution in [0, 0.1) is 22.7 Å². The summed E-state index contributed by atoms with van der Waals surface area (Å²) in [4.78, 5) is 19.2. The molecule has 0 radical (unpaired) electrons. The average molecular weight is 284 g/mol. The Balaban J connectivity index is -0.000000218. The van der Waals surface area contributed by atoms with Crippen molar-refractivity contribution in [1.29, 1.82) is 10.5 Å². The lowest BCUT2D eigenvalue weighted by molar-refractivity contribution is -0.133. The van der Waals surface area contributed by atoms with Crippen molar-refractivity contribution in [3.63, 3.8) is 0 Å². The van der Waals surface area contributed by atoms with Crippen molar-refractivity contribution in [1.82, 2.24) is 0 Å². The molecule has 8 nitrogen and oxygen atoms in total. The van der Waals surface area contributed by atoms with E-state index in [1.54, 1.807) is 0 Å². The second-order valence-electron chi connectivity index (χ2n) is 2.95. The third-order valence-corrected chi connectivity index (χ3v) is 1.35. The molecule has 0 aliphatic carbocycles. The zero-order valence-corrected chi connectivity index (χ0v) is 10.7. The first-order valence-electron chi connectivity index (χ1n) is 5.14. The summed E-state index contributed by atoms with van der Waals surface area (Å²) >= 11 is 0. The Hall–Kier alpha value is -2.68. The standard InChI is InChI=1S/2C4H3NO2.C4H10O2/c2*1-3(2-5)4(6)7;5-3-1-2-4-6/h2*1H2,(H,6,7);5-6H,1-4H2.